The van der Waals surface area contributed by atoms with E-state index in [-0.39, 0.29) is 5.91 Å². The fraction of sp³-hybridized carbons (Fsp3) is 0.167. The van der Waals surface area contributed by atoms with E-state index in [4.69, 9.17) is 16.3 Å². The SMILES string of the molecule is CC/C(=N/NC(=O)c1cccc(Cl)c1)c1ccc(OCC(=O)[O-])cc1. The molecule has 0 atom stereocenters. The second-order valence-corrected chi connectivity index (χ2v) is 5.48. The van der Waals surface area contributed by atoms with Gasteiger partial charge in [0, 0.05) is 10.6 Å². The summed E-state index contributed by atoms with van der Waals surface area (Å²) < 4.78 is 5.02. The molecular formula is C18H16ClN2O4-. The number of hydrogen-bond donors (Lipinski definition) is 1. The Morgan fingerprint density at radius 2 is 1.88 bits per heavy atom. The van der Waals surface area contributed by atoms with Crippen molar-refractivity contribution in [2.75, 3.05) is 6.61 Å². The predicted octanol–water partition coefficient (Wildman–Crippen LogP) is 2.01. The van der Waals surface area contributed by atoms with Crippen molar-refractivity contribution in [2.24, 2.45) is 5.10 Å². The van der Waals surface area contributed by atoms with E-state index in [2.05, 4.69) is 10.5 Å². The molecule has 0 aliphatic carbocycles. The van der Waals surface area contributed by atoms with Gasteiger partial charge in [0.15, 0.2) is 0 Å². The third-order valence-corrected chi connectivity index (χ3v) is 3.49. The van der Waals surface area contributed by atoms with E-state index in [1.165, 1.54) is 0 Å². The number of carboxylic acids is 1. The van der Waals surface area contributed by atoms with Crippen molar-refractivity contribution in [3.8, 4) is 5.75 Å². The monoisotopic (exact) mass is 359 g/mol. The third kappa shape index (κ3) is 5.61. The first kappa shape index (κ1) is 18.5. The Labute approximate surface area is 150 Å². The molecule has 25 heavy (non-hydrogen) atoms. The Hall–Kier alpha value is -2.86. The maximum atomic E-state index is 12.1. The first-order valence-electron chi connectivity index (χ1n) is 7.55. The van der Waals surface area contributed by atoms with E-state index in [1.807, 2.05) is 6.92 Å². The van der Waals surface area contributed by atoms with Gasteiger partial charge in [0.25, 0.3) is 5.91 Å². The zero-order valence-electron chi connectivity index (χ0n) is 13.5. The van der Waals surface area contributed by atoms with Crippen molar-refractivity contribution >= 4 is 29.2 Å². The summed E-state index contributed by atoms with van der Waals surface area (Å²) in [5, 5.41) is 15.0. The van der Waals surface area contributed by atoms with Crippen LogP contribution in [-0.2, 0) is 4.79 Å². The maximum Gasteiger partial charge on any atom is 0.271 e. The molecule has 0 heterocycles. The van der Waals surface area contributed by atoms with Gasteiger partial charge in [-0.25, -0.2) is 5.43 Å². The number of aliphatic carboxylic acids is 1. The topological polar surface area (TPSA) is 90.8 Å². The van der Waals surface area contributed by atoms with Crippen molar-refractivity contribution < 1.29 is 19.4 Å². The van der Waals surface area contributed by atoms with Gasteiger partial charge in [0.1, 0.15) is 12.4 Å². The van der Waals surface area contributed by atoms with E-state index >= 15 is 0 Å². The summed E-state index contributed by atoms with van der Waals surface area (Å²) in [7, 11) is 0. The van der Waals surface area contributed by atoms with Gasteiger partial charge in [-0.05, 0) is 54.4 Å². The van der Waals surface area contributed by atoms with Crippen LogP contribution in [0.3, 0.4) is 0 Å². The Morgan fingerprint density at radius 3 is 2.48 bits per heavy atom. The smallest absolute Gasteiger partial charge is 0.271 e. The molecular weight excluding hydrogens is 344 g/mol. The van der Waals surface area contributed by atoms with E-state index < -0.39 is 12.6 Å². The van der Waals surface area contributed by atoms with Crippen molar-refractivity contribution in [3.63, 3.8) is 0 Å². The van der Waals surface area contributed by atoms with Gasteiger partial charge in [0.2, 0.25) is 0 Å². The summed E-state index contributed by atoms with van der Waals surface area (Å²) >= 11 is 5.87. The van der Waals surface area contributed by atoms with Crippen molar-refractivity contribution in [1.82, 2.24) is 5.43 Å². The number of amides is 1. The van der Waals surface area contributed by atoms with Crippen molar-refractivity contribution in [2.45, 2.75) is 13.3 Å². The molecule has 6 nitrogen and oxygen atoms in total. The number of carboxylic acid groups (broad SMARTS) is 1. The lowest BCUT2D eigenvalue weighted by Crippen LogP contribution is -2.28. The zero-order chi connectivity index (χ0) is 18.2. The summed E-state index contributed by atoms with van der Waals surface area (Å²) in [6.45, 7) is 1.40. The van der Waals surface area contributed by atoms with Crippen molar-refractivity contribution in [3.05, 3.63) is 64.7 Å². The Kier molecular flexibility index (Phi) is 6.54. The Bertz CT molecular complexity index is 788. The lowest BCUT2D eigenvalue weighted by molar-refractivity contribution is -0.307. The number of benzene rings is 2. The molecule has 1 amide bonds. The molecule has 0 aliphatic rings. The molecule has 2 aromatic rings. The van der Waals surface area contributed by atoms with Crippen LogP contribution in [-0.4, -0.2) is 24.2 Å². The van der Waals surface area contributed by atoms with E-state index in [0.717, 1.165) is 5.56 Å². The standard InChI is InChI=1S/C18H17ClN2O4/c1-2-16(12-6-8-15(9-7-12)25-11-17(22)23)20-21-18(24)13-4-3-5-14(19)10-13/h3-10H,2,11H2,1H3,(H,21,24)(H,22,23)/p-1/b20-16-. The van der Waals surface area contributed by atoms with E-state index in [1.54, 1.807) is 48.5 Å². The van der Waals surface area contributed by atoms with E-state index in [0.29, 0.717) is 28.5 Å². The number of carbonyl (C=O) groups excluding carboxylic acids is 2. The number of carbonyl (C=O) groups is 2. The number of nitrogens with zero attached hydrogens (tertiary/aromatic N) is 1. The number of ether oxygens (including phenoxy) is 1. The fourth-order valence-electron chi connectivity index (χ4n) is 2.05. The minimum atomic E-state index is -1.29. The largest absolute Gasteiger partial charge is 0.546 e. The highest BCUT2D eigenvalue weighted by molar-refractivity contribution is 6.30. The number of hydrazone groups is 1. The number of hydrogen-bond acceptors (Lipinski definition) is 5. The second kappa shape index (κ2) is 8.84. The normalized spacial score (nSPS) is 11.0. The molecule has 7 heteroatoms. The first-order valence-corrected chi connectivity index (χ1v) is 7.93. The van der Waals surface area contributed by atoms with Crippen LogP contribution in [0.1, 0.15) is 29.3 Å². The van der Waals surface area contributed by atoms with Crippen LogP contribution in [0.25, 0.3) is 0 Å². The molecule has 0 aliphatic heterocycles. The molecule has 0 unspecified atom stereocenters. The predicted molar refractivity (Wildman–Crippen MR) is 92.7 cm³/mol. The summed E-state index contributed by atoms with van der Waals surface area (Å²) in [6, 6.07) is 13.3. The van der Waals surface area contributed by atoms with Crippen LogP contribution >= 0.6 is 11.6 Å². The first-order chi connectivity index (χ1) is 12.0. The Morgan fingerprint density at radius 1 is 1.16 bits per heavy atom. The van der Waals surface area contributed by atoms with Crippen molar-refractivity contribution in [1.29, 1.82) is 0 Å². The van der Waals surface area contributed by atoms with Crippen LogP contribution in [0.4, 0.5) is 0 Å². The average Bonchev–Trinajstić information content (AvgIpc) is 2.61. The van der Waals surface area contributed by atoms with Crippen LogP contribution < -0.4 is 15.3 Å². The van der Waals surface area contributed by atoms with E-state index in [9.17, 15) is 14.7 Å². The van der Waals surface area contributed by atoms with Gasteiger partial charge in [-0.1, -0.05) is 24.6 Å². The van der Waals surface area contributed by atoms with Gasteiger partial charge in [-0.15, -0.1) is 0 Å². The molecule has 2 rings (SSSR count). The molecule has 0 spiro atoms. The molecule has 130 valence electrons. The molecule has 0 aromatic heterocycles. The minimum Gasteiger partial charge on any atom is -0.546 e. The lowest BCUT2D eigenvalue weighted by atomic mass is 10.1. The fourth-order valence-corrected chi connectivity index (χ4v) is 2.24. The number of rotatable bonds is 7. The lowest BCUT2D eigenvalue weighted by Gasteiger charge is -2.09. The van der Waals surface area contributed by atoms with Crippen LogP contribution in [0.2, 0.25) is 5.02 Å². The van der Waals surface area contributed by atoms with Crippen LogP contribution in [0.5, 0.6) is 5.75 Å². The van der Waals surface area contributed by atoms with Gasteiger partial charge < -0.3 is 14.6 Å². The quantitative estimate of drug-likeness (QED) is 0.604. The second-order valence-electron chi connectivity index (χ2n) is 5.05. The molecule has 0 fully saturated rings. The summed E-state index contributed by atoms with van der Waals surface area (Å²) in [4.78, 5) is 22.5. The zero-order valence-corrected chi connectivity index (χ0v) is 14.2. The average molecular weight is 360 g/mol. The van der Waals surface area contributed by atoms with Crippen LogP contribution in [0, 0.1) is 0 Å². The molecule has 0 radical (unpaired) electrons. The number of nitrogens with one attached hydrogen (secondary N) is 1. The Balaban J connectivity index is 2.06. The number of halogens is 1. The minimum absolute atomic E-state index is 0.359. The highest BCUT2D eigenvalue weighted by atomic mass is 35.5. The van der Waals surface area contributed by atoms with Crippen LogP contribution in [0.15, 0.2) is 53.6 Å². The molecule has 2 aromatic carbocycles. The van der Waals surface area contributed by atoms with Gasteiger partial charge in [-0.2, -0.15) is 5.10 Å². The summed E-state index contributed by atoms with van der Waals surface area (Å²) in [5.41, 5.74) is 4.37. The summed E-state index contributed by atoms with van der Waals surface area (Å²) in [6.07, 6.45) is 0.592. The van der Waals surface area contributed by atoms with Gasteiger partial charge in [-0.3, -0.25) is 4.79 Å². The van der Waals surface area contributed by atoms with Gasteiger partial charge in [0.05, 0.1) is 11.7 Å². The highest BCUT2D eigenvalue weighted by Gasteiger charge is 2.07. The highest BCUT2D eigenvalue weighted by Crippen LogP contribution is 2.14. The molecule has 0 saturated carbocycles. The third-order valence-electron chi connectivity index (χ3n) is 3.26. The maximum absolute atomic E-state index is 12.1. The van der Waals surface area contributed by atoms with Gasteiger partial charge >= 0.3 is 0 Å². The molecule has 1 N–H and O–H groups in total. The molecule has 0 saturated heterocycles. The molecule has 0 bridgehead atoms. The summed E-state index contributed by atoms with van der Waals surface area (Å²) in [5.74, 6) is -1.24.